The quantitative estimate of drug-likeness (QED) is 0.683. The molecule has 0 radical (unpaired) electrons. The maximum atomic E-state index is 10.6. The highest BCUT2D eigenvalue weighted by Gasteiger charge is 2.74. The highest BCUT2D eigenvalue weighted by molar-refractivity contribution is 5.26. The summed E-state index contributed by atoms with van der Waals surface area (Å²) < 4.78 is 6.22. The number of morpholine rings is 1. The third-order valence-electron chi connectivity index (χ3n) is 4.94. The average Bonchev–Trinajstić information content (AvgIpc) is 2.42. The van der Waals surface area contributed by atoms with Crippen molar-refractivity contribution in [3.8, 4) is 0 Å². The smallest absolute Gasteiger partial charge is 0.118 e. The molecule has 4 atom stereocenters. The van der Waals surface area contributed by atoms with Crippen LogP contribution in [-0.2, 0) is 4.74 Å². The van der Waals surface area contributed by atoms with E-state index in [0.29, 0.717) is 0 Å². The van der Waals surface area contributed by atoms with Gasteiger partial charge in [0.25, 0.3) is 0 Å². The molecule has 0 saturated carbocycles. The Morgan fingerprint density at radius 3 is 2.06 bits per heavy atom. The summed E-state index contributed by atoms with van der Waals surface area (Å²) in [6.07, 6.45) is -0.297. The zero-order valence-corrected chi connectivity index (χ0v) is 11.5. The fourth-order valence-corrected chi connectivity index (χ4v) is 4.14. The van der Waals surface area contributed by atoms with Crippen molar-refractivity contribution in [2.45, 2.75) is 70.9 Å². The first-order chi connectivity index (χ1) is 7.07. The molecule has 0 aromatic rings. The van der Waals surface area contributed by atoms with Gasteiger partial charge in [0.15, 0.2) is 0 Å². The lowest BCUT2D eigenvalue weighted by Crippen LogP contribution is -2.66. The van der Waals surface area contributed by atoms with E-state index in [0.717, 1.165) is 0 Å². The number of fused-ring (bicyclic) bond motifs is 2. The third kappa shape index (κ3) is 1.05. The summed E-state index contributed by atoms with van der Waals surface area (Å²) >= 11 is 0. The monoisotopic (exact) mass is 227 g/mol. The molecule has 2 heterocycles. The molecular weight excluding hydrogens is 202 g/mol. The molecule has 3 heteroatoms. The molecule has 3 nitrogen and oxygen atoms in total. The largest absolute Gasteiger partial charge is 0.388 e. The molecule has 1 unspecified atom stereocenters. The Bertz CT molecular complexity index is 308. The Hall–Kier alpha value is -0.120. The maximum Gasteiger partial charge on any atom is 0.118 e. The number of aliphatic hydroxyl groups is 1. The molecule has 2 saturated heterocycles. The van der Waals surface area contributed by atoms with E-state index >= 15 is 0 Å². The lowest BCUT2D eigenvalue weighted by Gasteiger charge is -2.54. The van der Waals surface area contributed by atoms with Crippen molar-refractivity contribution in [1.29, 1.82) is 0 Å². The van der Waals surface area contributed by atoms with Crippen LogP contribution in [0.3, 0.4) is 0 Å². The van der Waals surface area contributed by atoms with Crippen LogP contribution in [0.5, 0.6) is 0 Å². The number of nitrogens with zero attached hydrogens (tertiary/aromatic N) is 1. The first-order valence-corrected chi connectivity index (χ1v) is 6.16. The van der Waals surface area contributed by atoms with Crippen LogP contribution in [0.4, 0.5) is 0 Å². The molecule has 2 aliphatic heterocycles. The molecule has 2 bridgehead atoms. The predicted molar refractivity (Wildman–Crippen MR) is 64.4 cm³/mol. The lowest BCUT2D eigenvalue weighted by molar-refractivity contribution is -0.211. The van der Waals surface area contributed by atoms with Crippen molar-refractivity contribution in [3.05, 3.63) is 0 Å². The summed E-state index contributed by atoms with van der Waals surface area (Å²) in [4.78, 5) is 2.29. The highest BCUT2D eigenvalue weighted by atomic mass is 16.5. The number of likely N-dealkylation sites (N-methyl/N-ethyl adjacent to an activating group) is 1. The van der Waals surface area contributed by atoms with Crippen LogP contribution < -0.4 is 0 Å². The van der Waals surface area contributed by atoms with Gasteiger partial charge in [0.2, 0.25) is 0 Å². The molecule has 0 amide bonds. The molecule has 0 aliphatic carbocycles. The van der Waals surface area contributed by atoms with Gasteiger partial charge in [0.1, 0.15) is 11.7 Å². The average molecular weight is 227 g/mol. The van der Waals surface area contributed by atoms with E-state index in [2.05, 4.69) is 53.5 Å². The second kappa shape index (κ2) is 3.01. The van der Waals surface area contributed by atoms with Gasteiger partial charge in [-0.2, -0.15) is 0 Å². The Kier molecular flexibility index (Phi) is 2.32. The summed E-state index contributed by atoms with van der Waals surface area (Å²) in [6, 6.07) is 0.120. The summed E-state index contributed by atoms with van der Waals surface area (Å²) in [5, 5.41) is 10.6. The van der Waals surface area contributed by atoms with E-state index in [9.17, 15) is 5.11 Å². The molecular formula is C13H25NO2. The van der Waals surface area contributed by atoms with E-state index in [1.807, 2.05) is 0 Å². The Morgan fingerprint density at radius 2 is 1.75 bits per heavy atom. The number of ether oxygens (including phenoxy) is 1. The molecule has 16 heavy (non-hydrogen) atoms. The first-order valence-electron chi connectivity index (χ1n) is 6.16. The van der Waals surface area contributed by atoms with E-state index < -0.39 is 11.7 Å². The minimum atomic E-state index is -0.473. The number of rotatable bonds is 0. The van der Waals surface area contributed by atoms with Gasteiger partial charge < -0.3 is 9.84 Å². The summed E-state index contributed by atoms with van der Waals surface area (Å²) in [5.41, 5.74) is -0.690. The zero-order valence-electron chi connectivity index (χ0n) is 11.5. The van der Waals surface area contributed by atoms with Gasteiger partial charge in [-0.1, -0.05) is 20.8 Å². The van der Waals surface area contributed by atoms with E-state index in [-0.39, 0.29) is 23.1 Å². The number of aliphatic hydroxyl groups excluding tert-OH is 1. The standard InChI is InChI=1S/C13H25NO2/c1-8-9-10(15)13(16-8,11(2,3)4)12(5,6)14(9)7/h8-10,15H,1-7H3/t8-,9-,10-,13?/m0/s1. The van der Waals surface area contributed by atoms with Gasteiger partial charge in [-0.15, -0.1) is 0 Å². The van der Waals surface area contributed by atoms with Crippen molar-refractivity contribution >= 4 is 0 Å². The van der Waals surface area contributed by atoms with Crippen molar-refractivity contribution in [2.75, 3.05) is 7.05 Å². The maximum absolute atomic E-state index is 10.6. The number of likely N-dealkylation sites (tertiary alicyclic amines) is 1. The van der Waals surface area contributed by atoms with Gasteiger partial charge in [-0.25, -0.2) is 0 Å². The molecule has 0 aromatic carbocycles. The Balaban J connectivity index is 2.58. The second-order valence-electron chi connectivity index (χ2n) is 6.91. The van der Waals surface area contributed by atoms with Crippen molar-refractivity contribution in [2.24, 2.45) is 5.41 Å². The van der Waals surface area contributed by atoms with Gasteiger partial charge in [-0.05, 0) is 33.2 Å². The minimum absolute atomic E-state index is 0.0797. The van der Waals surface area contributed by atoms with Crippen LogP contribution in [0.15, 0.2) is 0 Å². The van der Waals surface area contributed by atoms with E-state index in [1.165, 1.54) is 0 Å². The van der Waals surface area contributed by atoms with E-state index in [1.54, 1.807) is 0 Å². The molecule has 0 spiro atoms. The van der Waals surface area contributed by atoms with Gasteiger partial charge in [-0.3, -0.25) is 4.90 Å². The SMILES string of the molecule is C[C@@H]1OC2(C(C)(C)C)[C@@H](O)[C@H]1N(C)C2(C)C. The first kappa shape index (κ1) is 12.3. The normalized spacial score (nSPS) is 47.6. The third-order valence-corrected chi connectivity index (χ3v) is 4.94. The molecule has 2 rings (SSSR count). The van der Waals surface area contributed by atoms with Crippen molar-refractivity contribution < 1.29 is 9.84 Å². The summed E-state index contributed by atoms with van der Waals surface area (Å²) in [6.45, 7) is 12.9. The Morgan fingerprint density at radius 1 is 1.25 bits per heavy atom. The van der Waals surface area contributed by atoms with Crippen LogP contribution in [0.2, 0.25) is 0 Å². The molecule has 0 aromatic heterocycles. The lowest BCUT2D eigenvalue weighted by atomic mass is 9.65. The molecule has 94 valence electrons. The fraction of sp³-hybridized carbons (Fsp3) is 1.00. The van der Waals surface area contributed by atoms with Crippen molar-refractivity contribution in [1.82, 2.24) is 4.90 Å². The number of hydrogen-bond acceptors (Lipinski definition) is 3. The van der Waals surface area contributed by atoms with Crippen LogP contribution in [0.1, 0.15) is 41.5 Å². The van der Waals surface area contributed by atoms with Crippen LogP contribution >= 0.6 is 0 Å². The van der Waals surface area contributed by atoms with E-state index in [4.69, 9.17) is 4.74 Å². The highest BCUT2D eigenvalue weighted by Crippen LogP contribution is 2.58. The number of hydrogen-bond donors (Lipinski definition) is 1. The second-order valence-corrected chi connectivity index (χ2v) is 6.91. The summed E-state index contributed by atoms with van der Waals surface area (Å²) in [7, 11) is 2.10. The van der Waals surface area contributed by atoms with Gasteiger partial charge in [0.05, 0.1) is 12.1 Å². The van der Waals surface area contributed by atoms with Crippen molar-refractivity contribution in [3.63, 3.8) is 0 Å². The predicted octanol–water partition coefficient (Wildman–Crippen LogP) is 1.64. The van der Waals surface area contributed by atoms with Gasteiger partial charge >= 0.3 is 0 Å². The van der Waals surface area contributed by atoms with Crippen LogP contribution in [-0.4, -0.2) is 46.4 Å². The topological polar surface area (TPSA) is 32.7 Å². The summed E-state index contributed by atoms with van der Waals surface area (Å²) in [5.74, 6) is 0. The fourth-order valence-electron chi connectivity index (χ4n) is 4.14. The minimum Gasteiger partial charge on any atom is -0.388 e. The molecule has 2 aliphatic rings. The van der Waals surface area contributed by atoms with Crippen LogP contribution in [0, 0.1) is 5.41 Å². The van der Waals surface area contributed by atoms with Crippen LogP contribution in [0.25, 0.3) is 0 Å². The zero-order chi connectivity index (χ0) is 12.5. The molecule has 2 fully saturated rings. The molecule has 1 N–H and O–H groups in total. The van der Waals surface area contributed by atoms with Gasteiger partial charge in [0, 0.05) is 5.54 Å². The Labute approximate surface area is 98.8 Å².